The van der Waals surface area contributed by atoms with E-state index >= 15 is 0 Å². The Kier molecular flexibility index (Phi) is 3.38. The molecule has 3 rings (SSSR count). The lowest BCUT2D eigenvalue weighted by Gasteiger charge is -2.18. The smallest absolute Gasteiger partial charge is 0.130 e. The zero-order valence-corrected chi connectivity index (χ0v) is 12.0. The molecule has 1 saturated carbocycles. The lowest BCUT2D eigenvalue weighted by molar-refractivity contribution is 0.161. The molecule has 4 nitrogen and oxygen atoms in total. The molecular formula is C14H19N3OS. The first-order chi connectivity index (χ1) is 9.24. The molecule has 0 amide bonds. The Bertz CT molecular complexity index is 515. The van der Waals surface area contributed by atoms with Gasteiger partial charge in [0.1, 0.15) is 10.9 Å². The third-order valence-corrected chi connectivity index (χ3v) is 5.21. The Hall–Kier alpha value is -1.25. The number of thiophene rings is 1. The largest absolute Gasteiger partial charge is 0.397 e. The average Bonchev–Trinajstić information content (AvgIpc) is 3.03. The molecule has 102 valence electrons. The molecule has 1 unspecified atom stereocenters. The van der Waals surface area contributed by atoms with E-state index in [0.717, 1.165) is 31.8 Å². The highest BCUT2D eigenvalue weighted by Gasteiger charge is 2.35. The summed E-state index contributed by atoms with van der Waals surface area (Å²) in [6.07, 6.45) is 3.60. The van der Waals surface area contributed by atoms with Gasteiger partial charge in [-0.05, 0) is 25.2 Å². The minimum absolute atomic E-state index is 0.592. The van der Waals surface area contributed by atoms with Crippen LogP contribution < -0.4 is 10.6 Å². The van der Waals surface area contributed by atoms with Gasteiger partial charge in [0.25, 0.3) is 0 Å². The van der Waals surface area contributed by atoms with Crippen LogP contribution in [0.25, 0.3) is 0 Å². The molecule has 1 aliphatic heterocycles. The minimum atomic E-state index is 0.592. The van der Waals surface area contributed by atoms with Crippen molar-refractivity contribution in [3.05, 3.63) is 10.4 Å². The third kappa shape index (κ3) is 2.31. The van der Waals surface area contributed by atoms with E-state index in [0.29, 0.717) is 16.7 Å². The number of anilines is 2. The molecule has 1 atom stereocenters. The molecule has 2 heterocycles. The van der Waals surface area contributed by atoms with Gasteiger partial charge in [0.2, 0.25) is 0 Å². The van der Waals surface area contributed by atoms with E-state index in [9.17, 15) is 5.26 Å². The molecule has 19 heavy (non-hydrogen) atoms. The van der Waals surface area contributed by atoms with Gasteiger partial charge in [0, 0.05) is 31.7 Å². The fourth-order valence-electron chi connectivity index (χ4n) is 2.92. The molecule has 0 spiro atoms. The second-order valence-corrected chi connectivity index (χ2v) is 6.50. The van der Waals surface area contributed by atoms with Gasteiger partial charge < -0.3 is 15.4 Å². The molecular weight excluding hydrogens is 258 g/mol. The number of rotatable bonds is 4. The maximum absolute atomic E-state index is 9.18. The first-order valence-corrected chi connectivity index (χ1v) is 7.62. The van der Waals surface area contributed by atoms with Crippen LogP contribution in [0, 0.1) is 17.2 Å². The van der Waals surface area contributed by atoms with Crippen molar-refractivity contribution in [2.45, 2.75) is 25.2 Å². The van der Waals surface area contributed by atoms with Gasteiger partial charge in [-0.25, -0.2) is 0 Å². The van der Waals surface area contributed by atoms with Gasteiger partial charge in [-0.1, -0.05) is 0 Å². The predicted octanol–water partition coefficient (Wildman–Crippen LogP) is 2.55. The number of nitrogens with zero attached hydrogens (tertiary/aromatic N) is 2. The highest BCUT2D eigenvalue weighted by atomic mass is 32.1. The van der Waals surface area contributed by atoms with Crippen LogP contribution in [-0.2, 0) is 4.74 Å². The molecule has 5 heteroatoms. The molecule has 1 aliphatic carbocycles. The van der Waals surface area contributed by atoms with Crippen LogP contribution in [0.15, 0.2) is 0 Å². The van der Waals surface area contributed by atoms with Gasteiger partial charge in [-0.15, -0.1) is 11.3 Å². The van der Waals surface area contributed by atoms with E-state index in [1.807, 2.05) is 0 Å². The quantitative estimate of drug-likeness (QED) is 0.918. The van der Waals surface area contributed by atoms with Gasteiger partial charge in [-0.3, -0.25) is 0 Å². The normalized spacial score (nSPS) is 22.7. The van der Waals surface area contributed by atoms with Crippen molar-refractivity contribution in [2.75, 3.05) is 37.4 Å². The van der Waals surface area contributed by atoms with Crippen LogP contribution in [0.2, 0.25) is 0 Å². The molecule has 1 saturated heterocycles. The van der Waals surface area contributed by atoms with Crippen LogP contribution in [0.4, 0.5) is 10.7 Å². The zero-order chi connectivity index (χ0) is 13.4. The lowest BCUT2D eigenvalue weighted by atomic mass is 10.1. The average molecular weight is 277 g/mol. The number of ether oxygens (including phenoxy) is 1. The standard InChI is InChI=1S/C14H19N3OS/c1-18-8-9-4-5-17(7-9)14-12(10-2-3-10)13(16)11(6-15)19-14/h9-10H,2-5,7-8,16H2,1H3. The zero-order valence-electron chi connectivity index (χ0n) is 11.2. The van der Waals surface area contributed by atoms with Gasteiger partial charge in [-0.2, -0.15) is 5.26 Å². The molecule has 0 bridgehead atoms. The van der Waals surface area contributed by atoms with Crippen LogP contribution >= 0.6 is 11.3 Å². The van der Waals surface area contributed by atoms with Gasteiger partial charge in [0.15, 0.2) is 0 Å². The van der Waals surface area contributed by atoms with Crippen molar-refractivity contribution in [3.63, 3.8) is 0 Å². The Balaban J connectivity index is 1.86. The second-order valence-electron chi connectivity index (χ2n) is 5.51. The Labute approximate surface area is 117 Å². The summed E-state index contributed by atoms with van der Waals surface area (Å²) >= 11 is 1.57. The van der Waals surface area contributed by atoms with E-state index in [1.54, 1.807) is 18.4 Å². The number of hydrogen-bond acceptors (Lipinski definition) is 5. The summed E-state index contributed by atoms with van der Waals surface area (Å²) in [6, 6.07) is 2.24. The van der Waals surface area contributed by atoms with E-state index in [1.165, 1.54) is 23.4 Å². The van der Waals surface area contributed by atoms with Crippen molar-refractivity contribution < 1.29 is 4.74 Å². The van der Waals surface area contributed by atoms with Crippen molar-refractivity contribution >= 4 is 22.0 Å². The van der Waals surface area contributed by atoms with Crippen LogP contribution in [0.3, 0.4) is 0 Å². The number of hydrogen-bond donors (Lipinski definition) is 1. The fraction of sp³-hybridized carbons (Fsp3) is 0.643. The topological polar surface area (TPSA) is 62.3 Å². The summed E-state index contributed by atoms with van der Waals surface area (Å²) in [5.74, 6) is 1.20. The van der Waals surface area contributed by atoms with Crippen LogP contribution in [-0.4, -0.2) is 26.8 Å². The molecule has 1 aromatic rings. The minimum Gasteiger partial charge on any atom is -0.397 e. The highest BCUT2D eigenvalue weighted by Crippen LogP contribution is 2.52. The van der Waals surface area contributed by atoms with Crippen LogP contribution in [0.1, 0.15) is 35.6 Å². The van der Waals surface area contributed by atoms with Crippen molar-refractivity contribution in [3.8, 4) is 6.07 Å². The van der Waals surface area contributed by atoms with Crippen LogP contribution in [0.5, 0.6) is 0 Å². The first-order valence-electron chi connectivity index (χ1n) is 6.80. The maximum atomic E-state index is 9.18. The van der Waals surface area contributed by atoms with E-state index in [4.69, 9.17) is 10.5 Å². The number of nitriles is 1. The summed E-state index contributed by atoms with van der Waals surface area (Å²) in [5, 5.41) is 10.4. The fourth-order valence-corrected chi connectivity index (χ4v) is 4.06. The Morgan fingerprint density at radius 2 is 2.26 bits per heavy atom. The van der Waals surface area contributed by atoms with Gasteiger partial charge >= 0.3 is 0 Å². The second kappa shape index (κ2) is 5.03. The summed E-state index contributed by atoms with van der Waals surface area (Å²) in [4.78, 5) is 3.09. The number of nitrogens with two attached hydrogens (primary N) is 1. The Morgan fingerprint density at radius 3 is 2.89 bits per heavy atom. The molecule has 1 aromatic heterocycles. The highest BCUT2D eigenvalue weighted by molar-refractivity contribution is 7.17. The molecule has 0 radical (unpaired) electrons. The lowest BCUT2D eigenvalue weighted by Crippen LogP contribution is -2.21. The third-order valence-electron chi connectivity index (χ3n) is 4.03. The molecule has 0 aromatic carbocycles. The molecule has 2 N–H and O–H groups in total. The summed E-state index contributed by atoms with van der Waals surface area (Å²) in [5.41, 5.74) is 8.14. The first kappa shape index (κ1) is 12.8. The molecule has 2 aliphatic rings. The number of nitrogen functional groups attached to an aromatic ring is 1. The maximum Gasteiger partial charge on any atom is 0.130 e. The summed E-state index contributed by atoms with van der Waals surface area (Å²) in [6.45, 7) is 2.90. The van der Waals surface area contributed by atoms with Crippen molar-refractivity contribution in [1.29, 1.82) is 5.26 Å². The summed E-state index contributed by atoms with van der Waals surface area (Å²) in [7, 11) is 1.76. The Morgan fingerprint density at radius 1 is 1.47 bits per heavy atom. The van der Waals surface area contributed by atoms with E-state index in [-0.39, 0.29) is 0 Å². The predicted molar refractivity (Wildman–Crippen MR) is 77.6 cm³/mol. The van der Waals surface area contributed by atoms with E-state index in [2.05, 4.69) is 11.0 Å². The summed E-state index contributed by atoms with van der Waals surface area (Å²) < 4.78 is 5.25. The van der Waals surface area contributed by atoms with Crippen molar-refractivity contribution in [1.82, 2.24) is 0 Å². The number of methoxy groups -OCH3 is 1. The SMILES string of the molecule is COCC1CCN(c2sc(C#N)c(N)c2C2CC2)C1. The monoisotopic (exact) mass is 277 g/mol. The van der Waals surface area contributed by atoms with Crippen molar-refractivity contribution in [2.24, 2.45) is 5.92 Å². The molecule has 2 fully saturated rings. The van der Waals surface area contributed by atoms with Gasteiger partial charge in [0.05, 0.1) is 17.3 Å². The van der Waals surface area contributed by atoms with E-state index < -0.39 is 0 Å².